The molecule has 0 saturated heterocycles. The molecule has 0 bridgehead atoms. The van der Waals surface area contributed by atoms with Gasteiger partial charge in [-0.2, -0.15) is 0 Å². The van der Waals surface area contributed by atoms with Gasteiger partial charge in [-0.3, -0.25) is 0 Å². The van der Waals surface area contributed by atoms with Gasteiger partial charge in [0.05, 0.1) is 0 Å². The van der Waals surface area contributed by atoms with Crippen molar-refractivity contribution in [2.45, 2.75) is 26.8 Å². The van der Waals surface area contributed by atoms with E-state index in [0.29, 0.717) is 6.61 Å². The van der Waals surface area contributed by atoms with Crippen molar-refractivity contribution in [2.75, 3.05) is 13.7 Å². The lowest BCUT2D eigenvalue weighted by atomic mass is 9.88. The zero-order chi connectivity index (χ0) is 8.20. The van der Waals surface area contributed by atoms with E-state index >= 15 is 0 Å². The number of nitrogens with zero attached hydrogens (tertiary/aromatic N) is 1. The van der Waals surface area contributed by atoms with Gasteiger partial charge in [-0.05, 0) is 0 Å². The maximum absolute atomic E-state index is 6.86. The molecule has 2 nitrogen and oxygen atoms in total. The molecule has 0 heterocycles. The molecule has 0 aliphatic rings. The standard InChI is InChI=1S/C8H15NO/c1-8(2,3)7(9-4)6-10-5/h7H,6H2,1-3,5H3/t7-/m1/s1. The van der Waals surface area contributed by atoms with Crippen LogP contribution in [-0.2, 0) is 4.74 Å². The van der Waals surface area contributed by atoms with Gasteiger partial charge in [0.2, 0.25) is 0 Å². The van der Waals surface area contributed by atoms with Crippen LogP contribution < -0.4 is 0 Å². The zero-order valence-electron chi connectivity index (χ0n) is 7.14. The lowest BCUT2D eigenvalue weighted by Gasteiger charge is -2.19. The molecular formula is C8H15NO. The fourth-order valence-corrected chi connectivity index (χ4v) is 0.639. The minimum atomic E-state index is -0.0162. The third kappa shape index (κ3) is 2.84. The Morgan fingerprint density at radius 1 is 1.50 bits per heavy atom. The molecule has 2 heteroatoms. The first-order chi connectivity index (χ1) is 4.52. The van der Waals surface area contributed by atoms with Gasteiger partial charge in [0, 0.05) is 12.5 Å². The van der Waals surface area contributed by atoms with Crippen LogP contribution in [-0.4, -0.2) is 19.8 Å². The SMILES string of the molecule is [C-]#[N+][C@H](COC)C(C)(C)C. The minimum absolute atomic E-state index is 0.0162. The zero-order valence-corrected chi connectivity index (χ0v) is 7.14. The highest BCUT2D eigenvalue weighted by Crippen LogP contribution is 2.22. The Hall–Kier alpha value is -0.550. The Morgan fingerprint density at radius 2 is 2.00 bits per heavy atom. The van der Waals surface area contributed by atoms with Crippen molar-refractivity contribution in [1.82, 2.24) is 0 Å². The van der Waals surface area contributed by atoms with Crippen molar-refractivity contribution in [3.63, 3.8) is 0 Å². The lowest BCUT2D eigenvalue weighted by molar-refractivity contribution is 0.151. The van der Waals surface area contributed by atoms with Crippen LogP contribution in [0.4, 0.5) is 0 Å². The van der Waals surface area contributed by atoms with Gasteiger partial charge in [0.25, 0.3) is 6.04 Å². The molecule has 10 heavy (non-hydrogen) atoms. The van der Waals surface area contributed by atoms with Crippen LogP contribution in [0.15, 0.2) is 0 Å². The molecule has 0 spiro atoms. The normalized spacial score (nSPS) is 14.3. The van der Waals surface area contributed by atoms with Crippen molar-refractivity contribution >= 4 is 0 Å². The number of methoxy groups -OCH3 is 1. The maximum atomic E-state index is 6.86. The molecule has 0 unspecified atom stereocenters. The van der Waals surface area contributed by atoms with E-state index < -0.39 is 0 Å². The number of ether oxygens (including phenoxy) is 1. The summed E-state index contributed by atoms with van der Waals surface area (Å²) in [6.45, 7) is 13.5. The summed E-state index contributed by atoms with van der Waals surface area (Å²) in [4.78, 5) is 3.47. The number of hydrogen-bond acceptors (Lipinski definition) is 1. The quantitative estimate of drug-likeness (QED) is 0.536. The Balaban J connectivity index is 3.98. The summed E-state index contributed by atoms with van der Waals surface area (Å²) in [5, 5.41) is 0. The second kappa shape index (κ2) is 3.58. The predicted octanol–water partition coefficient (Wildman–Crippen LogP) is 1.97. The van der Waals surface area contributed by atoms with Crippen molar-refractivity contribution in [2.24, 2.45) is 5.41 Å². The van der Waals surface area contributed by atoms with Crippen LogP contribution in [0.5, 0.6) is 0 Å². The van der Waals surface area contributed by atoms with E-state index in [1.165, 1.54) is 0 Å². The first-order valence-corrected chi connectivity index (χ1v) is 3.38. The lowest BCUT2D eigenvalue weighted by Crippen LogP contribution is -2.27. The second-order valence-corrected chi connectivity index (χ2v) is 3.47. The van der Waals surface area contributed by atoms with Gasteiger partial charge in [0.1, 0.15) is 6.61 Å². The molecule has 0 fully saturated rings. The van der Waals surface area contributed by atoms with Crippen molar-refractivity contribution in [3.05, 3.63) is 11.4 Å². The third-order valence-corrected chi connectivity index (χ3v) is 1.48. The first kappa shape index (κ1) is 9.45. The van der Waals surface area contributed by atoms with E-state index in [1.54, 1.807) is 7.11 Å². The first-order valence-electron chi connectivity index (χ1n) is 3.38. The molecule has 0 aromatic rings. The van der Waals surface area contributed by atoms with E-state index in [2.05, 4.69) is 25.6 Å². The monoisotopic (exact) mass is 141 g/mol. The van der Waals surface area contributed by atoms with E-state index in [9.17, 15) is 0 Å². The summed E-state index contributed by atoms with van der Waals surface area (Å²) in [6.07, 6.45) is 0. The smallest absolute Gasteiger partial charge is 0.251 e. The number of rotatable bonds is 2. The van der Waals surface area contributed by atoms with E-state index in [4.69, 9.17) is 11.3 Å². The third-order valence-electron chi connectivity index (χ3n) is 1.48. The molecule has 1 atom stereocenters. The molecular weight excluding hydrogens is 126 g/mol. The molecule has 0 aliphatic heterocycles. The summed E-state index contributed by atoms with van der Waals surface area (Å²) >= 11 is 0. The molecule has 0 rings (SSSR count). The van der Waals surface area contributed by atoms with Crippen molar-refractivity contribution in [3.8, 4) is 0 Å². The van der Waals surface area contributed by atoms with Crippen LogP contribution in [0.25, 0.3) is 4.85 Å². The highest BCUT2D eigenvalue weighted by Gasteiger charge is 2.29. The Morgan fingerprint density at radius 3 is 2.10 bits per heavy atom. The Labute approximate surface area is 63.0 Å². The van der Waals surface area contributed by atoms with Crippen LogP contribution in [0, 0.1) is 12.0 Å². The highest BCUT2D eigenvalue weighted by molar-refractivity contribution is 4.88. The van der Waals surface area contributed by atoms with Crippen LogP contribution in [0.3, 0.4) is 0 Å². The van der Waals surface area contributed by atoms with E-state index in [0.717, 1.165) is 0 Å². The fraction of sp³-hybridized carbons (Fsp3) is 0.875. The molecule has 0 amide bonds. The molecule has 0 radical (unpaired) electrons. The highest BCUT2D eigenvalue weighted by atomic mass is 16.5. The van der Waals surface area contributed by atoms with Gasteiger partial charge in [-0.15, -0.1) is 0 Å². The average Bonchev–Trinajstić information content (AvgIpc) is 1.80. The Bertz CT molecular complexity index is 129. The molecule has 58 valence electrons. The molecule has 0 aliphatic carbocycles. The van der Waals surface area contributed by atoms with Gasteiger partial charge in [0.15, 0.2) is 0 Å². The summed E-state index contributed by atoms with van der Waals surface area (Å²) in [7, 11) is 1.63. The Kier molecular flexibility index (Phi) is 3.38. The van der Waals surface area contributed by atoms with E-state index in [-0.39, 0.29) is 11.5 Å². The van der Waals surface area contributed by atoms with Crippen LogP contribution in [0.2, 0.25) is 0 Å². The largest absolute Gasteiger partial charge is 0.377 e. The van der Waals surface area contributed by atoms with Crippen molar-refractivity contribution < 1.29 is 4.74 Å². The average molecular weight is 141 g/mol. The summed E-state index contributed by atoms with van der Waals surface area (Å²) in [5.41, 5.74) is 0.0394. The predicted molar refractivity (Wildman–Crippen MR) is 41.7 cm³/mol. The molecule has 0 N–H and O–H groups in total. The van der Waals surface area contributed by atoms with Crippen LogP contribution >= 0.6 is 0 Å². The van der Waals surface area contributed by atoms with Gasteiger partial charge in [-0.1, -0.05) is 20.8 Å². The molecule has 0 saturated carbocycles. The maximum Gasteiger partial charge on any atom is 0.251 e. The topological polar surface area (TPSA) is 13.6 Å². The van der Waals surface area contributed by atoms with Gasteiger partial charge >= 0.3 is 0 Å². The van der Waals surface area contributed by atoms with Crippen LogP contribution in [0.1, 0.15) is 20.8 Å². The number of hydrogen-bond donors (Lipinski definition) is 0. The summed E-state index contributed by atoms with van der Waals surface area (Å²) in [5.74, 6) is 0. The summed E-state index contributed by atoms with van der Waals surface area (Å²) in [6, 6.07) is -0.0162. The fourth-order valence-electron chi connectivity index (χ4n) is 0.639. The second-order valence-electron chi connectivity index (χ2n) is 3.47. The van der Waals surface area contributed by atoms with Crippen molar-refractivity contribution in [1.29, 1.82) is 0 Å². The molecule has 0 aromatic carbocycles. The summed E-state index contributed by atoms with van der Waals surface area (Å²) < 4.78 is 4.91. The van der Waals surface area contributed by atoms with E-state index in [1.807, 2.05) is 0 Å². The molecule has 0 aromatic heterocycles. The van der Waals surface area contributed by atoms with Gasteiger partial charge in [-0.25, -0.2) is 6.57 Å². The minimum Gasteiger partial charge on any atom is -0.377 e. The van der Waals surface area contributed by atoms with Gasteiger partial charge < -0.3 is 9.58 Å².